The van der Waals surface area contributed by atoms with Crippen molar-refractivity contribution in [2.75, 3.05) is 0 Å². The SMILES string of the molecule is c1ccc(-c2nc(-c3ccc4c(c3)oc3ccccc34)nc(-c3ccc4c(c3)oc3c5ccccc5cc(-c5ccc6ccccc6c5)c43)n2)cc1. The van der Waals surface area contributed by atoms with Crippen molar-refractivity contribution in [2.45, 2.75) is 0 Å². The maximum Gasteiger partial charge on any atom is 0.164 e. The maximum atomic E-state index is 6.80. The van der Waals surface area contributed by atoms with Crippen molar-refractivity contribution < 1.29 is 8.83 Å². The zero-order valence-electron chi connectivity index (χ0n) is 27.7. The molecule has 242 valence electrons. The Morgan fingerprint density at radius 3 is 1.69 bits per heavy atom. The molecule has 0 aliphatic rings. The summed E-state index contributed by atoms with van der Waals surface area (Å²) in [6.45, 7) is 0. The van der Waals surface area contributed by atoms with E-state index in [0.717, 1.165) is 82.5 Å². The zero-order chi connectivity index (χ0) is 34.2. The average molecular weight is 666 g/mol. The van der Waals surface area contributed by atoms with Crippen LogP contribution in [0.4, 0.5) is 0 Å². The Morgan fingerprint density at radius 2 is 0.904 bits per heavy atom. The third kappa shape index (κ3) is 4.53. The van der Waals surface area contributed by atoms with Crippen LogP contribution in [0.3, 0.4) is 0 Å². The molecule has 0 aliphatic carbocycles. The van der Waals surface area contributed by atoms with E-state index in [1.54, 1.807) is 0 Å². The third-order valence-electron chi connectivity index (χ3n) is 10.1. The van der Waals surface area contributed by atoms with E-state index in [1.807, 2.05) is 54.6 Å². The largest absolute Gasteiger partial charge is 0.456 e. The van der Waals surface area contributed by atoms with Gasteiger partial charge in [-0.3, -0.25) is 0 Å². The molecule has 0 bridgehead atoms. The number of fused-ring (bicyclic) bond motifs is 9. The molecule has 0 saturated heterocycles. The lowest BCUT2D eigenvalue weighted by molar-refractivity contribution is 0.669. The van der Waals surface area contributed by atoms with E-state index in [4.69, 9.17) is 23.8 Å². The lowest BCUT2D eigenvalue weighted by Gasteiger charge is -2.09. The molecule has 0 saturated carbocycles. The first-order chi connectivity index (χ1) is 25.7. The molecular formula is C47H27N3O2. The molecule has 0 amide bonds. The topological polar surface area (TPSA) is 65.0 Å². The van der Waals surface area contributed by atoms with Crippen molar-refractivity contribution in [3.63, 3.8) is 0 Å². The van der Waals surface area contributed by atoms with E-state index in [2.05, 4.69) is 109 Å². The van der Waals surface area contributed by atoms with E-state index < -0.39 is 0 Å². The van der Waals surface area contributed by atoms with Gasteiger partial charge >= 0.3 is 0 Å². The Labute approximate surface area is 297 Å². The number of rotatable bonds is 4. The van der Waals surface area contributed by atoms with Gasteiger partial charge in [0.05, 0.1) is 0 Å². The minimum absolute atomic E-state index is 0.565. The highest BCUT2D eigenvalue weighted by molar-refractivity contribution is 6.21. The van der Waals surface area contributed by atoms with Gasteiger partial charge in [-0.2, -0.15) is 0 Å². The van der Waals surface area contributed by atoms with Crippen LogP contribution in [0, 0.1) is 0 Å². The predicted octanol–water partition coefficient (Wildman–Crippen LogP) is 12.6. The van der Waals surface area contributed by atoms with Gasteiger partial charge in [0.25, 0.3) is 0 Å². The van der Waals surface area contributed by atoms with Gasteiger partial charge in [-0.15, -0.1) is 0 Å². The molecule has 3 heterocycles. The maximum absolute atomic E-state index is 6.80. The normalized spacial score (nSPS) is 11.8. The highest BCUT2D eigenvalue weighted by Gasteiger charge is 2.19. The van der Waals surface area contributed by atoms with E-state index in [1.165, 1.54) is 10.8 Å². The average Bonchev–Trinajstić information content (AvgIpc) is 3.79. The second kappa shape index (κ2) is 11.2. The smallest absolute Gasteiger partial charge is 0.164 e. The molecule has 0 aliphatic heterocycles. The lowest BCUT2D eigenvalue weighted by Crippen LogP contribution is -2.00. The summed E-state index contributed by atoms with van der Waals surface area (Å²) < 4.78 is 13.0. The van der Waals surface area contributed by atoms with Crippen LogP contribution in [-0.2, 0) is 0 Å². The fraction of sp³-hybridized carbons (Fsp3) is 0. The van der Waals surface area contributed by atoms with Gasteiger partial charge in [-0.05, 0) is 69.8 Å². The first-order valence-corrected chi connectivity index (χ1v) is 17.3. The molecule has 11 rings (SSSR count). The fourth-order valence-corrected chi connectivity index (χ4v) is 7.55. The monoisotopic (exact) mass is 665 g/mol. The van der Waals surface area contributed by atoms with Crippen LogP contribution >= 0.6 is 0 Å². The van der Waals surface area contributed by atoms with Crippen LogP contribution in [0.1, 0.15) is 0 Å². The van der Waals surface area contributed by atoms with Crippen molar-refractivity contribution >= 4 is 65.4 Å². The molecular weight excluding hydrogens is 639 g/mol. The summed E-state index contributed by atoms with van der Waals surface area (Å²) in [6.07, 6.45) is 0. The zero-order valence-corrected chi connectivity index (χ0v) is 27.7. The summed E-state index contributed by atoms with van der Waals surface area (Å²) in [6, 6.07) is 56.4. The first-order valence-electron chi connectivity index (χ1n) is 17.3. The number of hydrogen-bond donors (Lipinski definition) is 0. The van der Waals surface area contributed by atoms with Gasteiger partial charge in [-0.25, -0.2) is 15.0 Å². The first kappa shape index (κ1) is 28.7. The minimum atomic E-state index is 0.565. The van der Waals surface area contributed by atoms with Gasteiger partial charge < -0.3 is 8.83 Å². The number of hydrogen-bond acceptors (Lipinski definition) is 5. The summed E-state index contributed by atoms with van der Waals surface area (Å²) in [7, 11) is 0. The number of nitrogens with zero attached hydrogens (tertiary/aromatic N) is 3. The van der Waals surface area contributed by atoms with Crippen LogP contribution in [0.5, 0.6) is 0 Å². The molecule has 0 atom stereocenters. The Morgan fingerprint density at radius 1 is 0.327 bits per heavy atom. The van der Waals surface area contributed by atoms with Gasteiger partial charge in [0, 0.05) is 43.6 Å². The summed E-state index contributed by atoms with van der Waals surface area (Å²) in [5.41, 5.74) is 8.18. The molecule has 0 radical (unpaired) electrons. The number of aromatic nitrogens is 3. The van der Waals surface area contributed by atoms with Crippen molar-refractivity contribution in [1.29, 1.82) is 0 Å². The van der Waals surface area contributed by atoms with E-state index in [9.17, 15) is 0 Å². The Hall–Kier alpha value is -7.11. The van der Waals surface area contributed by atoms with Crippen LogP contribution < -0.4 is 0 Å². The van der Waals surface area contributed by atoms with E-state index >= 15 is 0 Å². The second-order valence-electron chi connectivity index (χ2n) is 13.2. The molecule has 8 aromatic carbocycles. The van der Waals surface area contributed by atoms with Crippen molar-refractivity contribution in [3.05, 3.63) is 164 Å². The third-order valence-corrected chi connectivity index (χ3v) is 10.1. The van der Waals surface area contributed by atoms with Gasteiger partial charge in [-0.1, -0.05) is 121 Å². The van der Waals surface area contributed by atoms with Crippen LogP contribution in [0.2, 0.25) is 0 Å². The molecule has 0 spiro atoms. The summed E-state index contributed by atoms with van der Waals surface area (Å²) in [5.74, 6) is 1.73. The Bertz CT molecular complexity index is 3190. The standard InChI is InChI=1S/C47H27N3O2/c1-2-11-29(12-3-1)45-48-46(33-20-22-37-36-16-8-9-17-40(36)51-41(37)26-33)50-47(49-45)34-21-23-38-42(27-34)52-44-35-15-7-6-14-31(35)25-39(43(38)44)32-19-18-28-10-4-5-13-30(28)24-32/h1-27H. The van der Waals surface area contributed by atoms with E-state index in [0.29, 0.717) is 17.5 Å². The molecule has 0 fully saturated rings. The molecule has 5 nitrogen and oxygen atoms in total. The van der Waals surface area contributed by atoms with Crippen molar-refractivity contribution in [3.8, 4) is 45.3 Å². The molecule has 11 aromatic rings. The number of para-hydroxylation sites is 1. The van der Waals surface area contributed by atoms with Crippen molar-refractivity contribution in [1.82, 2.24) is 15.0 Å². The predicted molar refractivity (Wildman–Crippen MR) is 211 cm³/mol. The molecule has 5 heteroatoms. The molecule has 52 heavy (non-hydrogen) atoms. The Kier molecular flexibility index (Phi) is 6.18. The number of furan rings is 2. The summed E-state index contributed by atoms with van der Waals surface area (Å²) in [4.78, 5) is 15.0. The van der Waals surface area contributed by atoms with E-state index in [-0.39, 0.29) is 0 Å². The summed E-state index contributed by atoms with van der Waals surface area (Å²) >= 11 is 0. The van der Waals surface area contributed by atoms with Crippen LogP contribution in [-0.4, -0.2) is 15.0 Å². The molecule has 0 N–H and O–H groups in total. The van der Waals surface area contributed by atoms with Crippen LogP contribution in [0.25, 0.3) is 111 Å². The second-order valence-corrected chi connectivity index (χ2v) is 13.2. The highest BCUT2D eigenvalue weighted by atomic mass is 16.3. The van der Waals surface area contributed by atoms with Gasteiger partial charge in [0.2, 0.25) is 0 Å². The molecule has 3 aromatic heterocycles. The highest BCUT2D eigenvalue weighted by Crippen LogP contribution is 2.43. The van der Waals surface area contributed by atoms with Gasteiger partial charge in [0.1, 0.15) is 22.3 Å². The lowest BCUT2D eigenvalue weighted by atomic mass is 9.94. The minimum Gasteiger partial charge on any atom is -0.456 e. The fourth-order valence-electron chi connectivity index (χ4n) is 7.55. The molecule has 0 unspecified atom stereocenters. The summed E-state index contributed by atoms with van der Waals surface area (Å²) in [5, 5.41) is 8.91. The Balaban J connectivity index is 1.11. The van der Waals surface area contributed by atoms with Crippen LogP contribution in [0.15, 0.2) is 173 Å². The quantitative estimate of drug-likeness (QED) is 0.187. The van der Waals surface area contributed by atoms with Crippen molar-refractivity contribution in [2.24, 2.45) is 0 Å². The van der Waals surface area contributed by atoms with Gasteiger partial charge in [0.15, 0.2) is 17.5 Å². The number of benzene rings is 8.